The highest BCUT2D eigenvalue weighted by molar-refractivity contribution is 5.79. The van der Waals surface area contributed by atoms with Crippen molar-refractivity contribution < 1.29 is 9.50 Å². The van der Waals surface area contributed by atoms with Gasteiger partial charge < -0.3 is 10.8 Å². The number of nitrogens with two attached hydrogens (primary N) is 1. The van der Waals surface area contributed by atoms with E-state index in [1.165, 1.54) is 18.2 Å². The summed E-state index contributed by atoms with van der Waals surface area (Å²) in [5.41, 5.74) is 6.73. The molecular weight excluding hydrogens is 195 g/mol. The molecule has 0 aliphatic rings. The smallest absolute Gasteiger partial charge is 0.213 e. The number of rotatable bonds is 1. The Hall–Kier alpha value is -2.10. The highest BCUT2D eigenvalue weighted by Crippen LogP contribution is 2.32. The molecule has 0 bridgehead atoms. The van der Waals surface area contributed by atoms with Crippen LogP contribution in [0.4, 0.5) is 10.1 Å². The number of hydrogen-bond acceptors (Lipinski definition) is 3. The third-order valence-corrected chi connectivity index (χ3v) is 2.05. The third-order valence-electron chi connectivity index (χ3n) is 2.05. The lowest BCUT2D eigenvalue weighted by molar-refractivity contribution is 0.477. The number of anilines is 1. The second-order valence-corrected chi connectivity index (χ2v) is 3.09. The minimum absolute atomic E-state index is 0.00639. The SMILES string of the molecule is Nc1cccc(O)c1-c1cccc(F)n1. The van der Waals surface area contributed by atoms with Gasteiger partial charge in [-0.15, -0.1) is 0 Å². The number of phenols is 1. The Morgan fingerprint density at radius 2 is 1.87 bits per heavy atom. The van der Waals surface area contributed by atoms with E-state index in [0.29, 0.717) is 16.9 Å². The van der Waals surface area contributed by atoms with Crippen molar-refractivity contribution in [1.29, 1.82) is 0 Å². The van der Waals surface area contributed by atoms with E-state index >= 15 is 0 Å². The first-order valence-corrected chi connectivity index (χ1v) is 4.39. The van der Waals surface area contributed by atoms with Crippen molar-refractivity contribution in [3.05, 3.63) is 42.3 Å². The van der Waals surface area contributed by atoms with E-state index in [4.69, 9.17) is 5.73 Å². The Morgan fingerprint density at radius 3 is 2.53 bits per heavy atom. The highest BCUT2D eigenvalue weighted by atomic mass is 19.1. The molecule has 1 aromatic carbocycles. The zero-order valence-electron chi connectivity index (χ0n) is 7.81. The maximum atomic E-state index is 12.9. The number of halogens is 1. The van der Waals surface area contributed by atoms with Crippen molar-refractivity contribution in [3.63, 3.8) is 0 Å². The summed E-state index contributed by atoms with van der Waals surface area (Å²) >= 11 is 0. The zero-order valence-corrected chi connectivity index (χ0v) is 7.81. The van der Waals surface area contributed by atoms with Crippen molar-refractivity contribution in [2.24, 2.45) is 0 Å². The summed E-state index contributed by atoms with van der Waals surface area (Å²) in [6, 6.07) is 9.07. The first kappa shape index (κ1) is 9.45. The molecule has 2 rings (SSSR count). The van der Waals surface area contributed by atoms with Crippen LogP contribution in [0.3, 0.4) is 0 Å². The van der Waals surface area contributed by atoms with Gasteiger partial charge in [0, 0.05) is 5.69 Å². The van der Waals surface area contributed by atoms with Crippen LogP contribution >= 0.6 is 0 Å². The van der Waals surface area contributed by atoms with Crippen LogP contribution in [0.5, 0.6) is 5.75 Å². The van der Waals surface area contributed by atoms with Gasteiger partial charge in [0.1, 0.15) is 5.75 Å². The molecule has 0 saturated heterocycles. The Kier molecular flexibility index (Phi) is 2.25. The summed E-state index contributed by atoms with van der Waals surface area (Å²) < 4.78 is 12.9. The molecule has 15 heavy (non-hydrogen) atoms. The molecule has 0 spiro atoms. The van der Waals surface area contributed by atoms with Gasteiger partial charge in [-0.2, -0.15) is 4.39 Å². The lowest BCUT2D eigenvalue weighted by atomic mass is 10.1. The van der Waals surface area contributed by atoms with Gasteiger partial charge in [-0.3, -0.25) is 0 Å². The van der Waals surface area contributed by atoms with E-state index in [1.807, 2.05) is 0 Å². The van der Waals surface area contributed by atoms with Crippen LogP contribution < -0.4 is 5.73 Å². The van der Waals surface area contributed by atoms with E-state index in [0.717, 1.165) is 0 Å². The molecule has 0 aliphatic heterocycles. The topological polar surface area (TPSA) is 59.1 Å². The van der Waals surface area contributed by atoms with E-state index in [1.54, 1.807) is 18.2 Å². The summed E-state index contributed by atoms with van der Waals surface area (Å²) in [6.45, 7) is 0. The van der Waals surface area contributed by atoms with Crippen LogP contribution in [0, 0.1) is 5.95 Å². The highest BCUT2D eigenvalue weighted by Gasteiger charge is 2.09. The minimum atomic E-state index is -0.602. The molecule has 0 aliphatic carbocycles. The lowest BCUT2D eigenvalue weighted by Crippen LogP contribution is -1.93. The number of phenolic OH excluding ortho intramolecular Hbond substituents is 1. The predicted octanol–water partition coefficient (Wildman–Crippen LogP) is 2.18. The van der Waals surface area contributed by atoms with Gasteiger partial charge in [0.25, 0.3) is 0 Å². The molecule has 0 amide bonds. The molecular formula is C11H9FN2O. The van der Waals surface area contributed by atoms with Crippen LogP contribution in [-0.4, -0.2) is 10.1 Å². The summed E-state index contributed by atoms with van der Waals surface area (Å²) in [6.07, 6.45) is 0. The van der Waals surface area contributed by atoms with E-state index in [9.17, 15) is 9.50 Å². The molecule has 3 N–H and O–H groups in total. The number of aromatic nitrogens is 1. The van der Waals surface area contributed by atoms with Crippen LogP contribution in [0.15, 0.2) is 36.4 Å². The summed E-state index contributed by atoms with van der Waals surface area (Å²) in [5.74, 6) is -0.608. The second-order valence-electron chi connectivity index (χ2n) is 3.09. The molecule has 1 heterocycles. The summed E-state index contributed by atoms with van der Waals surface area (Å²) in [7, 11) is 0. The monoisotopic (exact) mass is 204 g/mol. The van der Waals surface area contributed by atoms with E-state index < -0.39 is 5.95 Å². The summed E-state index contributed by atoms with van der Waals surface area (Å²) in [5, 5.41) is 9.59. The normalized spacial score (nSPS) is 10.2. The molecule has 3 nitrogen and oxygen atoms in total. The fourth-order valence-electron chi connectivity index (χ4n) is 1.38. The Balaban J connectivity index is 2.63. The molecule has 0 saturated carbocycles. The van der Waals surface area contributed by atoms with Gasteiger partial charge in [0.15, 0.2) is 0 Å². The molecule has 0 fully saturated rings. The number of benzene rings is 1. The first-order chi connectivity index (χ1) is 7.18. The van der Waals surface area contributed by atoms with Crippen molar-refractivity contribution in [1.82, 2.24) is 4.98 Å². The van der Waals surface area contributed by atoms with Crippen molar-refractivity contribution in [2.45, 2.75) is 0 Å². The fraction of sp³-hybridized carbons (Fsp3) is 0. The standard InChI is InChI=1S/C11H9FN2O/c12-10-6-2-4-8(14-10)11-7(13)3-1-5-9(11)15/h1-6,15H,13H2. The van der Waals surface area contributed by atoms with Crippen molar-refractivity contribution >= 4 is 5.69 Å². The maximum absolute atomic E-state index is 12.9. The van der Waals surface area contributed by atoms with Crippen LogP contribution in [-0.2, 0) is 0 Å². The second kappa shape index (κ2) is 3.57. The first-order valence-electron chi connectivity index (χ1n) is 4.39. The number of hydrogen-bond donors (Lipinski definition) is 2. The van der Waals surface area contributed by atoms with Gasteiger partial charge >= 0.3 is 0 Å². The van der Waals surface area contributed by atoms with E-state index in [-0.39, 0.29) is 5.75 Å². The van der Waals surface area contributed by atoms with Gasteiger partial charge in [-0.05, 0) is 24.3 Å². The molecule has 76 valence electrons. The Bertz CT molecular complexity index is 479. The van der Waals surface area contributed by atoms with Gasteiger partial charge in [-0.1, -0.05) is 12.1 Å². The fourth-order valence-corrected chi connectivity index (χ4v) is 1.38. The molecule has 4 heteroatoms. The zero-order chi connectivity index (χ0) is 10.8. The predicted molar refractivity (Wildman–Crippen MR) is 55.7 cm³/mol. The van der Waals surface area contributed by atoms with Crippen molar-refractivity contribution in [3.8, 4) is 17.0 Å². The maximum Gasteiger partial charge on any atom is 0.213 e. The molecule has 2 aromatic rings. The van der Waals surface area contributed by atoms with E-state index in [2.05, 4.69) is 4.98 Å². The number of nitrogens with zero attached hydrogens (tertiary/aromatic N) is 1. The molecule has 0 atom stereocenters. The number of nitrogen functional groups attached to an aromatic ring is 1. The van der Waals surface area contributed by atoms with Crippen LogP contribution in [0.25, 0.3) is 11.3 Å². The lowest BCUT2D eigenvalue weighted by Gasteiger charge is -2.06. The number of pyridine rings is 1. The van der Waals surface area contributed by atoms with Crippen molar-refractivity contribution in [2.75, 3.05) is 5.73 Å². The summed E-state index contributed by atoms with van der Waals surface area (Å²) in [4.78, 5) is 3.66. The molecule has 1 aromatic heterocycles. The van der Waals surface area contributed by atoms with Crippen LogP contribution in [0.2, 0.25) is 0 Å². The Labute approximate surface area is 86.0 Å². The third kappa shape index (κ3) is 1.74. The van der Waals surface area contributed by atoms with Gasteiger partial charge in [0.2, 0.25) is 5.95 Å². The average Bonchev–Trinajstić information content (AvgIpc) is 2.17. The average molecular weight is 204 g/mol. The molecule has 0 radical (unpaired) electrons. The van der Waals surface area contributed by atoms with Gasteiger partial charge in [0.05, 0.1) is 11.3 Å². The number of aromatic hydroxyl groups is 1. The minimum Gasteiger partial charge on any atom is -0.507 e. The van der Waals surface area contributed by atoms with Crippen LogP contribution in [0.1, 0.15) is 0 Å². The Morgan fingerprint density at radius 1 is 1.13 bits per heavy atom. The quantitative estimate of drug-likeness (QED) is 0.552. The van der Waals surface area contributed by atoms with Gasteiger partial charge in [-0.25, -0.2) is 4.98 Å². The molecule has 0 unspecified atom stereocenters. The largest absolute Gasteiger partial charge is 0.507 e.